The Balaban J connectivity index is 2.07. The lowest BCUT2D eigenvalue weighted by atomic mass is 10.0. The van der Waals surface area contributed by atoms with E-state index in [1.807, 2.05) is 18.2 Å². The van der Waals surface area contributed by atoms with Crippen LogP contribution in [0.5, 0.6) is 0 Å². The number of nitrogens with zero attached hydrogens (tertiary/aromatic N) is 1. The molecule has 0 saturated carbocycles. The van der Waals surface area contributed by atoms with E-state index in [1.54, 1.807) is 0 Å². The molecule has 2 N–H and O–H groups in total. The Hall–Kier alpha value is -1.39. The van der Waals surface area contributed by atoms with E-state index >= 15 is 0 Å². The average Bonchev–Trinajstić information content (AvgIpc) is 2.94. The van der Waals surface area contributed by atoms with Gasteiger partial charge < -0.3 is 10.5 Å². The third kappa shape index (κ3) is 3.33. The highest BCUT2D eigenvalue weighted by Crippen LogP contribution is 2.30. The first-order valence-electron chi connectivity index (χ1n) is 6.83. The Morgan fingerprint density at radius 3 is 2.84 bits per heavy atom. The summed E-state index contributed by atoms with van der Waals surface area (Å²) in [6.07, 6.45) is 1.79. The highest BCUT2D eigenvalue weighted by atomic mass is 16.5. The van der Waals surface area contributed by atoms with Crippen LogP contribution >= 0.6 is 0 Å². The lowest BCUT2D eigenvalue weighted by Crippen LogP contribution is -2.29. The number of nitrogens with two attached hydrogens (primary N) is 1. The molecular weight excluding hydrogens is 240 g/mol. The summed E-state index contributed by atoms with van der Waals surface area (Å²) in [6, 6.07) is 10.7. The average molecular weight is 262 g/mol. The van der Waals surface area contributed by atoms with Gasteiger partial charge in [-0.2, -0.15) is 0 Å². The molecule has 104 valence electrons. The molecule has 2 rings (SSSR count). The molecule has 0 amide bonds. The molecule has 0 aliphatic carbocycles. The van der Waals surface area contributed by atoms with E-state index in [1.165, 1.54) is 12.7 Å². The first-order chi connectivity index (χ1) is 9.26. The van der Waals surface area contributed by atoms with Crippen LogP contribution in [0.3, 0.4) is 0 Å². The van der Waals surface area contributed by atoms with Gasteiger partial charge in [-0.15, -0.1) is 0 Å². The van der Waals surface area contributed by atoms with Gasteiger partial charge in [0.25, 0.3) is 0 Å². The number of hydrogen-bond acceptors (Lipinski definition) is 4. The van der Waals surface area contributed by atoms with Crippen molar-refractivity contribution in [3.8, 4) is 0 Å². The van der Waals surface area contributed by atoms with Gasteiger partial charge >= 0.3 is 5.97 Å². The maximum atomic E-state index is 11.6. The minimum Gasteiger partial charge on any atom is -0.469 e. The van der Waals surface area contributed by atoms with Crippen molar-refractivity contribution in [2.45, 2.75) is 18.9 Å². The van der Waals surface area contributed by atoms with Gasteiger partial charge in [0.15, 0.2) is 0 Å². The monoisotopic (exact) mass is 262 g/mol. The van der Waals surface area contributed by atoms with Crippen molar-refractivity contribution < 1.29 is 9.53 Å². The third-order valence-electron chi connectivity index (χ3n) is 3.82. The molecule has 1 aliphatic heterocycles. The molecule has 0 bridgehead atoms. The molecule has 1 aromatic rings. The normalized spacial score (nSPS) is 21.3. The van der Waals surface area contributed by atoms with E-state index in [0.29, 0.717) is 12.6 Å². The molecular formula is C15H22N2O2. The smallest absolute Gasteiger partial charge is 0.310 e. The van der Waals surface area contributed by atoms with Crippen LogP contribution in [0, 0.1) is 5.92 Å². The van der Waals surface area contributed by atoms with Gasteiger partial charge in [-0.1, -0.05) is 30.3 Å². The number of rotatable bonds is 5. The molecule has 1 aromatic carbocycles. The Morgan fingerprint density at radius 1 is 1.47 bits per heavy atom. The predicted octanol–water partition coefficient (Wildman–Crippen LogP) is 1.57. The Labute approximate surface area is 114 Å². The minimum absolute atomic E-state index is 0.00832. The van der Waals surface area contributed by atoms with Crippen molar-refractivity contribution in [1.82, 2.24) is 4.90 Å². The second-order valence-corrected chi connectivity index (χ2v) is 5.01. The van der Waals surface area contributed by atoms with E-state index < -0.39 is 0 Å². The van der Waals surface area contributed by atoms with Crippen molar-refractivity contribution >= 4 is 5.97 Å². The predicted molar refractivity (Wildman–Crippen MR) is 74.6 cm³/mol. The van der Waals surface area contributed by atoms with Gasteiger partial charge in [0.1, 0.15) is 0 Å². The second-order valence-electron chi connectivity index (χ2n) is 5.01. The summed E-state index contributed by atoms with van der Waals surface area (Å²) < 4.78 is 4.84. The van der Waals surface area contributed by atoms with Crippen LogP contribution in [0.15, 0.2) is 30.3 Å². The molecule has 4 nitrogen and oxygen atoms in total. The Kier molecular flexibility index (Phi) is 4.93. The van der Waals surface area contributed by atoms with Crippen molar-refractivity contribution in [2.24, 2.45) is 11.7 Å². The van der Waals surface area contributed by atoms with Crippen molar-refractivity contribution in [1.29, 1.82) is 0 Å². The van der Waals surface area contributed by atoms with Gasteiger partial charge in [-0.25, -0.2) is 0 Å². The van der Waals surface area contributed by atoms with Crippen molar-refractivity contribution in [3.05, 3.63) is 35.9 Å². The van der Waals surface area contributed by atoms with Crippen LogP contribution in [0.4, 0.5) is 0 Å². The number of methoxy groups -OCH3 is 1. The number of likely N-dealkylation sites (tertiary alicyclic amines) is 1. The summed E-state index contributed by atoms with van der Waals surface area (Å²) in [7, 11) is 1.46. The number of hydrogen-bond donors (Lipinski definition) is 1. The fourth-order valence-corrected chi connectivity index (χ4v) is 2.82. The minimum atomic E-state index is -0.0953. The van der Waals surface area contributed by atoms with Crippen LogP contribution in [0.1, 0.15) is 24.4 Å². The first-order valence-corrected chi connectivity index (χ1v) is 6.83. The van der Waals surface area contributed by atoms with Gasteiger partial charge in [-0.3, -0.25) is 9.69 Å². The largest absolute Gasteiger partial charge is 0.469 e. The molecule has 19 heavy (non-hydrogen) atoms. The summed E-state index contributed by atoms with van der Waals surface area (Å²) in [6.45, 7) is 2.35. The quantitative estimate of drug-likeness (QED) is 0.818. The number of carbonyl (C=O) groups is 1. The lowest BCUT2D eigenvalue weighted by molar-refractivity contribution is -0.145. The van der Waals surface area contributed by atoms with E-state index in [0.717, 1.165) is 25.9 Å². The zero-order valence-corrected chi connectivity index (χ0v) is 11.4. The zero-order chi connectivity index (χ0) is 13.7. The maximum Gasteiger partial charge on any atom is 0.310 e. The molecule has 2 atom stereocenters. The molecule has 1 heterocycles. The third-order valence-corrected chi connectivity index (χ3v) is 3.82. The van der Waals surface area contributed by atoms with Gasteiger partial charge in [0.05, 0.1) is 13.0 Å². The standard InChI is InChI=1S/C15H22N2O2/c1-19-15(18)13-8-10-17(11-13)14(7-9-16)12-5-3-2-4-6-12/h2-6,13-14H,7-11,16H2,1H3. The molecule has 2 unspecified atom stereocenters. The molecule has 1 fully saturated rings. The second kappa shape index (κ2) is 6.68. The maximum absolute atomic E-state index is 11.6. The van der Waals surface area contributed by atoms with E-state index in [4.69, 9.17) is 10.5 Å². The van der Waals surface area contributed by atoms with Crippen LogP contribution in [0.2, 0.25) is 0 Å². The highest BCUT2D eigenvalue weighted by Gasteiger charge is 2.33. The lowest BCUT2D eigenvalue weighted by Gasteiger charge is -2.28. The first kappa shape index (κ1) is 14.0. The summed E-state index contributed by atoms with van der Waals surface area (Å²) in [5.41, 5.74) is 7.01. The van der Waals surface area contributed by atoms with Crippen LogP contribution in [0.25, 0.3) is 0 Å². The van der Waals surface area contributed by atoms with Gasteiger partial charge in [0, 0.05) is 12.6 Å². The van der Waals surface area contributed by atoms with Crippen molar-refractivity contribution in [3.63, 3.8) is 0 Å². The fourth-order valence-electron chi connectivity index (χ4n) is 2.82. The van der Waals surface area contributed by atoms with E-state index in [2.05, 4.69) is 17.0 Å². The fraction of sp³-hybridized carbons (Fsp3) is 0.533. The number of carbonyl (C=O) groups excluding carboxylic acids is 1. The SMILES string of the molecule is COC(=O)C1CCN(C(CCN)c2ccccc2)C1. The molecule has 0 spiro atoms. The van der Waals surface area contributed by atoms with Gasteiger partial charge in [0.2, 0.25) is 0 Å². The van der Waals surface area contributed by atoms with E-state index in [9.17, 15) is 4.79 Å². The molecule has 1 saturated heterocycles. The Bertz CT molecular complexity index is 408. The molecule has 0 radical (unpaired) electrons. The van der Waals surface area contributed by atoms with E-state index in [-0.39, 0.29) is 11.9 Å². The summed E-state index contributed by atoms with van der Waals surface area (Å²) >= 11 is 0. The Morgan fingerprint density at radius 2 is 2.21 bits per heavy atom. The zero-order valence-electron chi connectivity index (χ0n) is 11.4. The molecule has 1 aliphatic rings. The summed E-state index contributed by atoms with van der Waals surface area (Å²) in [4.78, 5) is 14.0. The van der Waals surface area contributed by atoms with Crippen LogP contribution in [-0.2, 0) is 9.53 Å². The van der Waals surface area contributed by atoms with Crippen molar-refractivity contribution in [2.75, 3.05) is 26.7 Å². The molecule has 4 heteroatoms. The van der Waals surface area contributed by atoms with Gasteiger partial charge in [-0.05, 0) is 31.5 Å². The summed E-state index contributed by atoms with van der Waals surface area (Å²) in [5.74, 6) is -0.0870. The topological polar surface area (TPSA) is 55.6 Å². The number of ether oxygens (including phenoxy) is 1. The summed E-state index contributed by atoms with van der Waals surface area (Å²) in [5, 5.41) is 0. The number of esters is 1. The number of benzene rings is 1. The van der Waals surface area contributed by atoms with Crippen LogP contribution < -0.4 is 5.73 Å². The highest BCUT2D eigenvalue weighted by molar-refractivity contribution is 5.72. The van der Waals surface area contributed by atoms with Crippen LogP contribution in [-0.4, -0.2) is 37.6 Å². The molecule has 0 aromatic heterocycles.